The highest BCUT2D eigenvalue weighted by atomic mass is 32.2. The van der Waals surface area contributed by atoms with Crippen LogP contribution in [-0.4, -0.2) is 53.3 Å². The summed E-state index contributed by atoms with van der Waals surface area (Å²) >= 11 is 2.58. The predicted octanol–water partition coefficient (Wildman–Crippen LogP) is 6.60. The van der Waals surface area contributed by atoms with Crippen molar-refractivity contribution in [3.05, 3.63) is 82.2 Å². The predicted molar refractivity (Wildman–Crippen MR) is 171 cm³/mol. The highest BCUT2D eigenvalue weighted by Gasteiger charge is 2.32. The zero-order chi connectivity index (χ0) is 31.0. The smallest absolute Gasteiger partial charge is 0.410 e. The summed E-state index contributed by atoms with van der Waals surface area (Å²) < 4.78 is 10.8. The summed E-state index contributed by atoms with van der Waals surface area (Å²) in [5.41, 5.74) is 2.04. The van der Waals surface area contributed by atoms with Crippen LogP contribution in [0.2, 0.25) is 0 Å². The number of hydrogen-bond donors (Lipinski definition) is 2. The maximum Gasteiger partial charge on any atom is 0.410 e. The molecule has 2 heterocycles. The molecule has 43 heavy (non-hydrogen) atoms. The third kappa shape index (κ3) is 9.20. The first-order valence-electron chi connectivity index (χ1n) is 13.9. The molecule has 4 rings (SSSR count). The van der Waals surface area contributed by atoms with Crippen LogP contribution in [0.15, 0.2) is 65.6 Å². The lowest BCUT2D eigenvalue weighted by Crippen LogP contribution is -2.39. The lowest BCUT2D eigenvalue weighted by atomic mass is 10.0. The molecule has 1 aliphatic heterocycles. The highest BCUT2D eigenvalue weighted by molar-refractivity contribution is 8.00. The van der Waals surface area contributed by atoms with Gasteiger partial charge in [-0.3, -0.25) is 9.59 Å². The first kappa shape index (κ1) is 31.8. The largest absolute Gasteiger partial charge is 0.462 e. The first-order chi connectivity index (χ1) is 20.5. The van der Waals surface area contributed by atoms with Crippen LogP contribution >= 0.6 is 23.1 Å². The number of fused-ring (bicyclic) bond motifs is 1. The van der Waals surface area contributed by atoms with E-state index < -0.39 is 17.7 Å². The fourth-order valence-electron chi connectivity index (χ4n) is 4.29. The van der Waals surface area contributed by atoms with E-state index in [2.05, 4.69) is 10.6 Å². The Hall–Kier alpha value is -4.09. The zero-order valence-corrected chi connectivity index (χ0v) is 26.2. The summed E-state index contributed by atoms with van der Waals surface area (Å²) in [6, 6.07) is 16.8. The van der Waals surface area contributed by atoms with Crippen LogP contribution in [0.1, 0.15) is 54.1 Å². The van der Waals surface area contributed by atoms with Crippen LogP contribution in [0.3, 0.4) is 0 Å². The van der Waals surface area contributed by atoms with Gasteiger partial charge in [-0.05, 0) is 69.5 Å². The highest BCUT2D eigenvalue weighted by Crippen LogP contribution is 2.38. The number of thiophene rings is 1. The van der Waals surface area contributed by atoms with E-state index in [4.69, 9.17) is 9.47 Å². The molecule has 0 bridgehead atoms. The molecule has 0 aliphatic carbocycles. The van der Waals surface area contributed by atoms with Crippen molar-refractivity contribution in [1.29, 1.82) is 0 Å². The second kappa shape index (κ2) is 14.4. The summed E-state index contributed by atoms with van der Waals surface area (Å²) in [7, 11) is 0. The molecule has 0 radical (unpaired) electrons. The first-order valence-corrected chi connectivity index (χ1v) is 15.7. The van der Waals surface area contributed by atoms with Gasteiger partial charge in [0.15, 0.2) is 0 Å². The number of anilines is 2. The monoisotopic (exact) mass is 621 g/mol. The average Bonchev–Trinajstić information content (AvgIpc) is 3.32. The molecule has 0 saturated heterocycles. The molecule has 0 unspecified atom stereocenters. The Morgan fingerprint density at radius 1 is 1.05 bits per heavy atom. The van der Waals surface area contributed by atoms with Gasteiger partial charge in [-0.15, -0.1) is 23.1 Å². The van der Waals surface area contributed by atoms with Gasteiger partial charge < -0.3 is 25.0 Å². The number of nitrogens with one attached hydrogen (secondary N) is 2. The quantitative estimate of drug-likeness (QED) is 0.157. The number of ether oxygens (including phenoxy) is 2. The van der Waals surface area contributed by atoms with Crippen molar-refractivity contribution in [2.45, 2.75) is 51.2 Å². The van der Waals surface area contributed by atoms with E-state index in [0.717, 1.165) is 20.9 Å². The van der Waals surface area contributed by atoms with Crippen molar-refractivity contribution in [2.75, 3.05) is 29.5 Å². The summed E-state index contributed by atoms with van der Waals surface area (Å²) in [4.78, 5) is 54.1. The third-order valence-corrected chi connectivity index (χ3v) is 8.27. The van der Waals surface area contributed by atoms with Crippen molar-refractivity contribution in [3.63, 3.8) is 0 Å². The molecule has 3 aromatic rings. The van der Waals surface area contributed by atoms with Gasteiger partial charge in [-0.1, -0.05) is 36.4 Å². The third-order valence-electron chi connectivity index (χ3n) is 6.14. The minimum Gasteiger partial charge on any atom is -0.462 e. The Kier molecular flexibility index (Phi) is 10.7. The van der Waals surface area contributed by atoms with Crippen molar-refractivity contribution in [1.82, 2.24) is 4.90 Å². The lowest BCUT2D eigenvalue weighted by Gasteiger charge is -2.30. The number of rotatable bonds is 9. The second-order valence-electron chi connectivity index (χ2n) is 10.7. The molecule has 3 amide bonds. The van der Waals surface area contributed by atoms with Crippen molar-refractivity contribution < 1.29 is 28.7 Å². The molecule has 0 fully saturated rings. The molecule has 1 aliphatic rings. The van der Waals surface area contributed by atoms with Crippen LogP contribution < -0.4 is 10.6 Å². The lowest BCUT2D eigenvalue weighted by molar-refractivity contribution is -0.114. The normalized spacial score (nSPS) is 12.9. The Labute approximate surface area is 259 Å². The molecule has 9 nitrogen and oxygen atoms in total. The number of carbonyl (C=O) groups excluding carboxylic acids is 4. The summed E-state index contributed by atoms with van der Waals surface area (Å²) in [5.74, 6) is -0.973. The molecule has 2 aromatic carbocycles. The standard InChI is InChI=1S/C32H35N3O6S2/c1-5-40-30(38)28-24-16-17-35(31(39)41-32(2,3)4)19-25(24)43-29(28)34-27(37)20-42-23-13-9-12-22(18-23)33-26(36)15-14-21-10-7-6-8-11-21/h6-15,18H,5,16-17,19-20H2,1-4H3,(H,33,36)(H,34,37)/b15-14+. The number of hydrogen-bond acceptors (Lipinski definition) is 8. The molecule has 0 atom stereocenters. The maximum atomic E-state index is 13.0. The fourth-order valence-corrected chi connectivity index (χ4v) is 6.31. The summed E-state index contributed by atoms with van der Waals surface area (Å²) in [6.45, 7) is 8.04. The van der Waals surface area contributed by atoms with Gasteiger partial charge in [0.1, 0.15) is 10.6 Å². The fraction of sp³-hybridized carbons (Fsp3) is 0.312. The van der Waals surface area contributed by atoms with Crippen molar-refractivity contribution in [2.24, 2.45) is 0 Å². The number of nitrogens with zero attached hydrogens (tertiary/aromatic N) is 1. The number of thioether (sulfide) groups is 1. The van der Waals surface area contributed by atoms with Crippen LogP contribution in [0.4, 0.5) is 15.5 Å². The second-order valence-corrected chi connectivity index (χ2v) is 12.8. The van der Waals surface area contributed by atoms with Gasteiger partial charge in [-0.2, -0.15) is 0 Å². The molecule has 0 spiro atoms. The zero-order valence-electron chi connectivity index (χ0n) is 24.6. The van der Waals surface area contributed by atoms with Crippen LogP contribution in [0.25, 0.3) is 6.08 Å². The number of carbonyl (C=O) groups is 4. The van der Waals surface area contributed by atoms with Gasteiger partial charge in [0, 0.05) is 28.1 Å². The van der Waals surface area contributed by atoms with Gasteiger partial charge in [0.25, 0.3) is 0 Å². The van der Waals surface area contributed by atoms with E-state index >= 15 is 0 Å². The molecular formula is C32H35N3O6S2. The Bertz CT molecular complexity index is 1510. The van der Waals surface area contributed by atoms with Crippen molar-refractivity contribution >= 4 is 63.7 Å². The van der Waals surface area contributed by atoms with E-state index in [9.17, 15) is 19.2 Å². The molecule has 226 valence electrons. The van der Waals surface area contributed by atoms with E-state index in [-0.39, 0.29) is 30.7 Å². The molecule has 11 heteroatoms. The van der Waals surface area contributed by atoms with E-state index in [1.807, 2.05) is 57.2 Å². The maximum absolute atomic E-state index is 13.0. The van der Waals surface area contributed by atoms with E-state index in [1.165, 1.54) is 29.2 Å². The van der Waals surface area contributed by atoms with Gasteiger partial charge in [0.05, 0.1) is 24.5 Å². The Morgan fingerprint density at radius 3 is 2.53 bits per heavy atom. The van der Waals surface area contributed by atoms with Crippen LogP contribution in [0.5, 0.6) is 0 Å². The van der Waals surface area contributed by atoms with Gasteiger partial charge in [-0.25, -0.2) is 9.59 Å². The van der Waals surface area contributed by atoms with Crippen LogP contribution in [-0.2, 0) is 32.0 Å². The van der Waals surface area contributed by atoms with Crippen LogP contribution in [0, 0.1) is 0 Å². The van der Waals surface area contributed by atoms with E-state index in [1.54, 1.807) is 36.1 Å². The SMILES string of the molecule is CCOC(=O)c1c(NC(=O)CSc2cccc(NC(=O)/C=C/c3ccccc3)c2)sc2c1CCN(C(=O)OC(C)(C)C)C2. The Balaban J connectivity index is 1.39. The van der Waals surface area contributed by atoms with Gasteiger partial charge in [0.2, 0.25) is 11.8 Å². The summed E-state index contributed by atoms with van der Waals surface area (Å²) in [5, 5.41) is 6.13. The van der Waals surface area contributed by atoms with E-state index in [0.29, 0.717) is 29.2 Å². The number of esters is 1. The molecule has 1 aromatic heterocycles. The number of amides is 3. The topological polar surface area (TPSA) is 114 Å². The number of benzene rings is 2. The minimum atomic E-state index is -0.621. The Morgan fingerprint density at radius 2 is 1.81 bits per heavy atom. The summed E-state index contributed by atoms with van der Waals surface area (Å²) in [6.07, 6.45) is 3.23. The van der Waals surface area contributed by atoms with Crippen molar-refractivity contribution in [3.8, 4) is 0 Å². The minimum absolute atomic E-state index is 0.0835. The molecule has 2 N–H and O–H groups in total. The average molecular weight is 622 g/mol. The molecule has 0 saturated carbocycles. The molecular weight excluding hydrogens is 587 g/mol. The van der Waals surface area contributed by atoms with Gasteiger partial charge >= 0.3 is 12.1 Å².